The number of aromatic nitrogens is 1. The van der Waals surface area contributed by atoms with Crippen LogP contribution in [0.5, 0.6) is 0 Å². The minimum Gasteiger partial charge on any atom is -0.468 e. The highest BCUT2D eigenvalue weighted by Crippen LogP contribution is 2.11. The molecule has 0 amide bonds. The van der Waals surface area contributed by atoms with Gasteiger partial charge in [-0.3, -0.25) is 9.88 Å². The molecule has 1 N–H and O–H groups in total. The molecular weight excluding hydrogens is 250 g/mol. The van der Waals surface area contributed by atoms with Crippen LogP contribution in [0.4, 0.5) is 0 Å². The maximum Gasteiger partial charge on any atom is 0.118 e. The molecule has 4 nitrogen and oxygen atoms in total. The van der Waals surface area contributed by atoms with Crippen LogP contribution >= 0.6 is 0 Å². The third kappa shape index (κ3) is 4.79. The average Bonchev–Trinajstić information content (AvgIpc) is 2.87. The molecule has 0 aromatic carbocycles. The second-order valence-corrected chi connectivity index (χ2v) is 5.09. The lowest BCUT2D eigenvalue weighted by molar-refractivity contribution is 0.285. The molecule has 0 spiro atoms. The second-order valence-electron chi connectivity index (χ2n) is 5.09. The highest BCUT2D eigenvalue weighted by Gasteiger charge is 2.06. The van der Waals surface area contributed by atoms with E-state index in [1.54, 1.807) is 0 Å². The Morgan fingerprint density at radius 3 is 2.95 bits per heavy atom. The summed E-state index contributed by atoms with van der Waals surface area (Å²) in [5.74, 6) is 0.997. The van der Waals surface area contributed by atoms with Crippen LogP contribution in [0.25, 0.3) is 0 Å². The molecule has 0 saturated heterocycles. The van der Waals surface area contributed by atoms with Crippen molar-refractivity contribution in [2.75, 3.05) is 13.6 Å². The predicted octanol–water partition coefficient (Wildman–Crippen LogP) is 2.81. The van der Waals surface area contributed by atoms with Gasteiger partial charge in [-0.1, -0.05) is 13.0 Å². The molecule has 0 bridgehead atoms. The van der Waals surface area contributed by atoms with Crippen LogP contribution in [0.3, 0.4) is 0 Å². The first kappa shape index (κ1) is 14.8. The normalized spacial score (nSPS) is 11.2. The van der Waals surface area contributed by atoms with Gasteiger partial charge in [-0.05, 0) is 38.2 Å². The van der Waals surface area contributed by atoms with Crippen molar-refractivity contribution in [3.05, 3.63) is 53.7 Å². The van der Waals surface area contributed by atoms with Gasteiger partial charge in [0.1, 0.15) is 5.76 Å². The summed E-state index contributed by atoms with van der Waals surface area (Å²) in [6.07, 6.45) is 4.82. The van der Waals surface area contributed by atoms with Crippen molar-refractivity contribution < 1.29 is 4.42 Å². The Hall–Kier alpha value is -1.65. The molecule has 0 unspecified atom stereocenters. The van der Waals surface area contributed by atoms with E-state index < -0.39 is 0 Å². The SMILES string of the molecule is CCCNCc1coc(CN(C)Cc2ccccn2)c1. The topological polar surface area (TPSA) is 41.3 Å². The molecule has 0 aliphatic carbocycles. The Morgan fingerprint density at radius 1 is 1.30 bits per heavy atom. The molecule has 0 aliphatic heterocycles. The predicted molar refractivity (Wildman–Crippen MR) is 80.1 cm³/mol. The van der Waals surface area contributed by atoms with Crippen molar-refractivity contribution in [2.45, 2.75) is 33.0 Å². The van der Waals surface area contributed by atoms with Crippen LogP contribution < -0.4 is 5.32 Å². The van der Waals surface area contributed by atoms with Gasteiger partial charge in [-0.25, -0.2) is 0 Å². The first-order valence-corrected chi connectivity index (χ1v) is 7.13. The standard InChI is InChI=1S/C16H23N3O/c1-3-7-17-10-14-9-16(20-13-14)12-19(2)11-15-6-4-5-8-18-15/h4-6,8-9,13,17H,3,7,10-12H2,1-2H3. The summed E-state index contributed by atoms with van der Waals surface area (Å²) in [7, 11) is 2.08. The number of hydrogen-bond acceptors (Lipinski definition) is 4. The van der Waals surface area contributed by atoms with E-state index in [4.69, 9.17) is 4.42 Å². The molecule has 108 valence electrons. The number of nitrogens with one attached hydrogen (secondary N) is 1. The Labute approximate surface area is 120 Å². The van der Waals surface area contributed by atoms with E-state index in [1.807, 2.05) is 30.7 Å². The number of pyridine rings is 1. The molecule has 2 aromatic rings. The number of hydrogen-bond donors (Lipinski definition) is 1. The van der Waals surface area contributed by atoms with Gasteiger partial charge >= 0.3 is 0 Å². The Bertz CT molecular complexity index is 495. The van der Waals surface area contributed by atoms with Crippen molar-refractivity contribution in [3.8, 4) is 0 Å². The molecule has 0 radical (unpaired) electrons. The first-order valence-electron chi connectivity index (χ1n) is 7.13. The Kier molecular flexibility index (Phi) is 5.77. The fourth-order valence-electron chi connectivity index (χ4n) is 2.10. The molecule has 4 heteroatoms. The molecule has 2 aromatic heterocycles. The van der Waals surface area contributed by atoms with Crippen LogP contribution in [-0.4, -0.2) is 23.5 Å². The van der Waals surface area contributed by atoms with Crippen molar-refractivity contribution in [1.82, 2.24) is 15.2 Å². The van der Waals surface area contributed by atoms with Gasteiger partial charge < -0.3 is 9.73 Å². The minimum absolute atomic E-state index is 0.796. The lowest BCUT2D eigenvalue weighted by atomic mass is 10.3. The minimum atomic E-state index is 0.796. The van der Waals surface area contributed by atoms with Gasteiger partial charge in [0.15, 0.2) is 0 Å². The van der Waals surface area contributed by atoms with Crippen molar-refractivity contribution in [3.63, 3.8) is 0 Å². The molecule has 0 fully saturated rings. The molecule has 2 rings (SSSR count). The van der Waals surface area contributed by atoms with E-state index in [-0.39, 0.29) is 0 Å². The van der Waals surface area contributed by atoms with Crippen molar-refractivity contribution in [2.24, 2.45) is 0 Å². The maximum atomic E-state index is 5.60. The fraction of sp³-hybridized carbons (Fsp3) is 0.438. The third-order valence-corrected chi connectivity index (χ3v) is 3.05. The van der Waals surface area contributed by atoms with Gasteiger partial charge in [0.05, 0.1) is 18.5 Å². The molecule has 0 saturated carbocycles. The summed E-state index contributed by atoms with van der Waals surface area (Å²) in [5, 5.41) is 3.37. The van der Waals surface area contributed by atoms with E-state index in [0.717, 1.165) is 44.1 Å². The largest absolute Gasteiger partial charge is 0.468 e. The average molecular weight is 273 g/mol. The first-order chi connectivity index (χ1) is 9.78. The van der Waals surface area contributed by atoms with E-state index in [9.17, 15) is 0 Å². The summed E-state index contributed by atoms with van der Waals surface area (Å²) in [4.78, 5) is 6.53. The molecule has 0 atom stereocenters. The van der Waals surface area contributed by atoms with Gasteiger partial charge in [-0.2, -0.15) is 0 Å². The van der Waals surface area contributed by atoms with Crippen LogP contribution in [-0.2, 0) is 19.6 Å². The monoisotopic (exact) mass is 273 g/mol. The summed E-state index contributed by atoms with van der Waals surface area (Å²) >= 11 is 0. The maximum absolute atomic E-state index is 5.60. The van der Waals surface area contributed by atoms with Crippen molar-refractivity contribution >= 4 is 0 Å². The third-order valence-electron chi connectivity index (χ3n) is 3.05. The summed E-state index contributed by atoms with van der Waals surface area (Å²) in [6, 6.07) is 8.11. The van der Waals surface area contributed by atoms with Gasteiger partial charge in [-0.15, -0.1) is 0 Å². The lowest BCUT2D eigenvalue weighted by Gasteiger charge is -2.14. The molecule has 2 heterocycles. The Balaban J connectivity index is 1.80. The zero-order valence-electron chi connectivity index (χ0n) is 12.3. The van der Waals surface area contributed by atoms with E-state index in [0.29, 0.717) is 0 Å². The quantitative estimate of drug-likeness (QED) is 0.751. The van der Waals surface area contributed by atoms with Crippen LogP contribution in [0, 0.1) is 0 Å². The zero-order chi connectivity index (χ0) is 14.2. The zero-order valence-corrected chi connectivity index (χ0v) is 12.3. The smallest absolute Gasteiger partial charge is 0.118 e. The second kappa shape index (κ2) is 7.82. The van der Waals surface area contributed by atoms with E-state index in [1.165, 1.54) is 5.56 Å². The summed E-state index contributed by atoms with van der Waals surface area (Å²) < 4.78 is 5.60. The summed E-state index contributed by atoms with van der Waals surface area (Å²) in [5.41, 5.74) is 2.28. The van der Waals surface area contributed by atoms with Gasteiger partial charge in [0.25, 0.3) is 0 Å². The van der Waals surface area contributed by atoms with Crippen LogP contribution in [0.15, 0.2) is 41.1 Å². The molecule has 0 aliphatic rings. The van der Waals surface area contributed by atoms with Crippen LogP contribution in [0.2, 0.25) is 0 Å². The lowest BCUT2D eigenvalue weighted by Crippen LogP contribution is -2.17. The number of furan rings is 1. The van der Waals surface area contributed by atoms with Crippen LogP contribution in [0.1, 0.15) is 30.4 Å². The summed E-state index contributed by atoms with van der Waals surface area (Å²) in [6.45, 7) is 5.71. The Morgan fingerprint density at radius 2 is 2.20 bits per heavy atom. The van der Waals surface area contributed by atoms with E-state index >= 15 is 0 Å². The highest BCUT2D eigenvalue weighted by molar-refractivity contribution is 5.13. The number of rotatable bonds is 8. The molecule has 20 heavy (non-hydrogen) atoms. The fourth-order valence-corrected chi connectivity index (χ4v) is 2.10. The van der Waals surface area contributed by atoms with Gasteiger partial charge in [0.2, 0.25) is 0 Å². The molecular formula is C16H23N3O. The van der Waals surface area contributed by atoms with Crippen molar-refractivity contribution in [1.29, 1.82) is 0 Å². The van der Waals surface area contributed by atoms with Gasteiger partial charge in [0, 0.05) is 24.8 Å². The van der Waals surface area contributed by atoms with E-state index in [2.05, 4.69) is 35.2 Å². The highest BCUT2D eigenvalue weighted by atomic mass is 16.3. The number of nitrogens with zero attached hydrogens (tertiary/aromatic N) is 2.